The van der Waals surface area contributed by atoms with E-state index in [9.17, 15) is 15.2 Å². The summed E-state index contributed by atoms with van der Waals surface area (Å²) in [4.78, 5) is 12.3. The quantitative estimate of drug-likeness (QED) is 0.604. The van der Waals surface area contributed by atoms with Crippen molar-refractivity contribution in [2.24, 2.45) is 0 Å². The molecular formula is C18H14Cl2N2O3. The number of nitrogens with one attached hydrogen (secondary N) is 1. The first-order valence-corrected chi connectivity index (χ1v) is 7.87. The number of carbonyl (C=O) groups excluding carboxylic acids is 1. The molecule has 2 N–H and O–H groups in total. The molecule has 0 heterocycles. The van der Waals surface area contributed by atoms with Crippen LogP contribution in [0.4, 0.5) is 5.69 Å². The summed E-state index contributed by atoms with van der Waals surface area (Å²) in [6.45, 7) is 1.84. The number of rotatable bonds is 4. The average Bonchev–Trinajstić information content (AvgIpc) is 2.58. The van der Waals surface area contributed by atoms with Gasteiger partial charge < -0.3 is 15.2 Å². The largest absolute Gasteiger partial charge is 0.503 e. The Labute approximate surface area is 155 Å². The Hall–Kier alpha value is -2.68. The fraction of sp³-hybridized carbons (Fsp3) is 0.111. The molecule has 0 saturated heterocycles. The molecule has 2 aromatic rings. The van der Waals surface area contributed by atoms with Crippen molar-refractivity contribution in [3.8, 4) is 17.6 Å². The second-order valence-corrected chi connectivity index (χ2v) is 5.96. The second kappa shape index (κ2) is 7.93. The van der Waals surface area contributed by atoms with E-state index in [0.717, 1.165) is 5.56 Å². The van der Waals surface area contributed by atoms with Crippen LogP contribution in [0.1, 0.15) is 11.1 Å². The molecular weight excluding hydrogens is 363 g/mol. The van der Waals surface area contributed by atoms with Crippen LogP contribution in [0.25, 0.3) is 6.08 Å². The topological polar surface area (TPSA) is 82.3 Å². The molecule has 0 aliphatic carbocycles. The molecule has 0 fully saturated rings. The monoisotopic (exact) mass is 376 g/mol. The zero-order valence-corrected chi connectivity index (χ0v) is 14.9. The van der Waals surface area contributed by atoms with Crippen LogP contribution >= 0.6 is 23.2 Å². The number of benzene rings is 2. The molecule has 0 unspecified atom stereocenters. The van der Waals surface area contributed by atoms with Crippen LogP contribution in [-0.4, -0.2) is 18.1 Å². The number of nitriles is 1. The molecule has 0 bridgehead atoms. The minimum atomic E-state index is -0.592. The van der Waals surface area contributed by atoms with Gasteiger partial charge in [0, 0.05) is 10.7 Å². The second-order valence-electron chi connectivity index (χ2n) is 5.14. The number of nitrogens with zero attached hydrogens (tertiary/aromatic N) is 1. The number of ether oxygens (including phenoxy) is 1. The summed E-state index contributed by atoms with van der Waals surface area (Å²) in [5.74, 6) is -0.661. The van der Waals surface area contributed by atoms with Crippen molar-refractivity contribution >= 4 is 40.9 Å². The number of methoxy groups -OCH3 is 1. The Kier molecular flexibility index (Phi) is 5.92. The number of hydrogen-bond acceptors (Lipinski definition) is 4. The average molecular weight is 377 g/mol. The smallest absolute Gasteiger partial charge is 0.266 e. The van der Waals surface area contributed by atoms with Crippen LogP contribution in [0.5, 0.6) is 11.5 Å². The lowest BCUT2D eigenvalue weighted by Crippen LogP contribution is -2.13. The Morgan fingerprint density at radius 3 is 2.60 bits per heavy atom. The van der Waals surface area contributed by atoms with E-state index in [2.05, 4.69) is 5.32 Å². The highest BCUT2D eigenvalue weighted by Crippen LogP contribution is 2.35. The van der Waals surface area contributed by atoms with E-state index in [1.807, 2.05) is 13.0 Å². The lowest BCUT2D eigenvalue weighted by Gasteiger charge is -2.08. The van der Waals surface area contributed by atoms with Crippen LogP contribution in [0.3, 0.4) is 0 Å². The number of halogens is 2. The van der Waals surface area contributed by atoms with Crippen molar-refractivity contribution < 1.29 is 14.6 Å². The van der Waals surface area contributed by atoms with Crippen molar-refractivity contribution in [2.45, 2.75) is 6.92 Å². The van der Waals surface area contributed by atoms with Crippen LogP contribution in [-0.2, 0) is 4.79 Å². The summed E-state index contributed by atoms with van der Waals surface area (Å²) in [6.07, 6.45) is 1.35. The van der Waals surface area contributed by atoms with Crippen LogP contribution in [0, 0.1) is 18.3 Å². The maximum absolute atomic E-state index is 12.3. The molecule has 1 amide bonds. The van der Waals surface area contributed by atoms with E-state index in [0.29, 0.717) is 16.3 Å². The number of aryl methyl sites for hydroxylation is 1. The molecule has 0 spiro atoms. The van der Waals surface area contributed by atoms with E-state index in [1.165, 1.54) is 25.3 Å². The third-order valence-corrected chi connectivity index (χ3v) is 4.07. The summed E-state index contributed by atoms with van der Waals surface area (Å²) < 4.78 is 5.00. The lowest BCUT2D eigenvalue weighted by atomic mass is 10.1. The zero-order valence-electron chi connectivity index (χ0n) is 13.4. The van der Waals surface area contributed by atoms with Gasteiger partial charge in [-0.25, -0.2) is 0 Å². The van der Waals surface area contributed by atoms with Crippen molar-refractivity contribution in [3.63, 3.8) is 0 Å². The fourth-order valence-electron chi connectivity index (χ4n) is 2.02. The highest BCUT2D eigenvalue weighted by Gasteiger charge is 2.13. The van der Waals surface area contributed by atoms with E-state index >= 15 is 0 Å². The molecule has 0 aliphatic heterocycles. The van der Waals surface area contributed by atoms with Gasteiger partial charge in [0.25, 0.3) is 5.91 Å². The molecule has 25 heavy (non-hydrogen) atoms. The van der Waals surface area contributed by atoms with Crippen molar-refractivity contribution in [2.75, 3.05) is 12.4 Å². The molecule has 0 atom stereocenters. The zero-order chi connectivity index (χ0) is 18.6. The number of anilines is 1. The van der Waals surface area contributed by atoms with E-state index in [1.54, 1.807) is 18.2 Å². The minimum absolute atomic E-state index is 0.0496. The highest BCUT2D eigenvalue weighted by molar-refractivity contribution is 6.32. The summed E-state index contributed by atoms with van der Waals surface area (Å²) in [6, 6.07) is 9.78. The van der Waals surface area contributed by atoms with Gasteiger partial charge in [-0.15, -0.1) is 0 Å². The Morgan fingerprint density at radius 1 is 1.28 bits per heavy atom. The SMILES string of the molecule is COc1cc(C=C(C#N)C(=O)Nc2ccc(C)c(Cl)c2)cc(Cl)c1O. The predicted molar refractivity (Wildman–Crippen MR) is 98.1 cm³/mol. The van der Waals surface area contributed by atoms with Gasteiger partial charge in [0.05, 0.1) is 12.1 Å². The van der Waals surface area contributed by atoms with Gasteiger partial charge in [-0.05, 0) is 48.4 Å². The maximum atomic E-state index is 12.3. The van der Waals surface area contributed by atoms with Crippen LogP contribution in [0.2, 0.25) is 10.0 Å². The first-order valence-electron chi connectivity index (χ1n) is 7.11. The van der Waals surface area contributed by atoms with E-state index in [4.69, 9.17) is 27.9 Å². The Morgan fingerprint density at radius 2 is 2.00 bits per heavy atom. The van der Waals surface area contributed by atoms with Gasteiger partial charge in [-0.3, -0.25) is 4.79 Å². The molecule has 5 nitrogen and oxygen atoms in total. The molecule has 2 aromatic carbocycles. The molecule has 7 heteroatoms. The van der Waals surface area contributed by atoms with Gasteiger partial charge in [0.15, 0.2) is 11.5 Å². The third-order valence-electron chi connectivity index (χ3n) is 3.38. The number of amides is 1. The summed E-state index contributed by atoms with van der Waals surface area (Å²) in [7, 11) is 1.37. The van der Waals surface area contributed by atoms with Gasteiger partial charge in [0.2, 0.25) is 0 Å². The summed E-state index contributed by atoms with van der Waals surface area (Å²) in [5.41, 5.74) is 1.65. The molecule has 0 radical (unpaired) electrons. The van der Waals surface area contributed by atoms with Gasteiger partial charge >= 0.3 is 0 Å². The number of phenols is 1. The minimum Gasteiger partial charge on any atom is -0.503 e. The standard InChI is InChI=1S/C18H14Cl2N2O3/c1-10-3-4-13(8-14(10)19)22-18(24)12(9-21)5-11-6-15(20)17(23)16(7-11)25-2/h3-8,23H,1-2H3,(H,22,24). The molecule has 2 rings (SSSR count). The normalized spacial score (nSPS) is 10.9. The lowest BCUT2D eigenvalue weighted by molar-refractivity contribution is -0.112. The first-order chi connectivity index (χ1) is 11.8. The first kappa shape index (κ1) is 18.7. The van der Waals surface area contributed by atoms with Crippen LogP contribution < -0.4 is 10.1 Å². The van der Waals surface area contributed by atoms with Crippen LogP contribution in [0.15, 0.2) is 35.9 Å². The molecule has 0 aromatic heterocycles. The van der Waals surface area contributed by atoms with Gasteiger partial charge in [-0.1, -0.05) is 29.3 Å². The molecule has 128 valence electrons. The number of carbonyl (C=O) groups is 1. The van der Waals surface area contributed by atoms with Crippen molar-refractivity contribution in [3.05, 3.63) is 57.1 Å². The van der Waals surface area contributed by atoms with E-state index in [-0.39, 0.29) is 22.1 Å². The number of aromatic hydroxyl groups is 1. The molecule has 0 saturated carbocycles. The molecule has 0 aliphatic rings. The summed E-state index contributed by atoms with van der Waals surface area (Å²) >= 11 is 11.9. The highest BCUT2D eigenvalue weighted by atomic mass is 35.5. The number of hydrogen-bond donors (Lipinski definition) is 2. The summed E-state index contributed by atoms with van der Waals surface area (Å²) in [5, 5.41) is 22.2. The maximum Gasteiger partial charge on any atom is 0.266 e. The van der Waals surface area contributed by atoms with Gasteiger partial charge in [0.1, 0.15) is 11.6 Å². The van der Waals surface area contributed by atoms with E-state index < -0.39 is 5.91 Å². The Balaban J connectivity index is 2.31. The van der Waals surface area contributed by atoms with Crippen molar-refractivity contribution in [1.82, 2.24) is 0 Å². The van der Waals surface area contributed by atoms with Crippen molar-refractivity contribution in [1.29, 1.82) is 5.26 Å². The predicted octanol–water partition coefficient (Wildman–Crippen LogP) is 4.56. The third kappa shape index (κ3) is 4.44. The van der Waals surface area contributed by atoms with Gasteiger partial charge in [-0.2, -0.15) is 5.26 Å². The fourth-order valence-corrected chi connectivity index (χ4v) is 2.42. The number of phenolic OH excluding ortho intramolecular Hbond substituents is 1. The Bertz CT molecular complexity index is 902.